The molecule has 1 fully saturated rings. The van der Waals surface area contributed by atoms with Crippen molar-refractivity contribution in [3.63, 3.8) is 0 Å². The number of aliphatic hydroxyl groups is 1. The summed E-state index contributed by atoms with van der Waals surface area (Å²) in [4.78, 5) is 8.56. The number of rotatable bonds is 6. The second kappa shape index (κ2) is 6.37. The maximum absolute atomic E-state index is 10.5. The van der Waals surface area contributed by atoms with E-state index in [1.54, 1.807) is 0 Å². The molecule has 0 spiro atoms. The lowest BCUT2D eigenvalue weighted by molar-refractivity contribution is -0.0176. The Hall–Kier alpha value is -1.40. The first-order valence-corrected chi connectivity index (χ1v) is 7.26. The molecule has 1 aliphatic heterocycles. The Balaban J connectivity index is 2.11. The summed E-state index contributed by atoms with van der Waals surface area (Å²) in [6.45, 7) is 7.86. The van der Waals surface area contributed by atoms with Gasteiger partial charge in [-0.3, -0.25) is 0 Å². The average molecular weight is 280 g/mol. The summed E-state index contributed by atoms with van der Waals surface area (Å²) in [6, 6.07) is 0. The number of aromatic nitrogens is 2. The smallest absolute Gasteiger partial charge is 0.134 e. The Kier molecular flexibility index (Phi) is 4.77. The van der Waals surface area contributed by atoms with Gasteiger partial charge in [0.05, 0.1) is 6.10 Å². The van der Waals surface area contributed by atoms with Gasteiger partial charge < -0.3 is 20.5 Å². The van der Waals surface area contributed by atoms with Crippen molar-refractivity contribution in [3.05, 3.63) is 11.9 Å². The molecular weight excluding hydrogens is 256 g/mol. The molecule has 0 amide bonds. The zero-order valence-corrected chi connectivity index (χ0v) is 12.4. The molecule has 0 saturated carbocycles. The van der Waals surface area contributed by atoms with Crippen LogP contribution in [0, 0.1) is 0 Å². The van der Waals surface area contributed by atoms with Crippen LogP contribution < -0.4 is 10.6 Å². The van der Waals surface area contributed by atoms with E-state index >= 15 is 0 Å². The van der Waals surface area contributed by atoms with E-state index in [0.717, 1.165) is 30.2 Å². The fourth-order valence-corrected chi connectivity index (χ4v) is 2.46. The third-order valence-corrected chi connectivity index (χ3v) is 3.86. The summed E-state index contributed by atoms with van der Waals surface area (Å²) >= 11 is 0. The van der Waals surface area contributed by atoms with Crippen molar-refractivity contribution in [2.24, 2.45) is 0 Å². The Labute approximate surface area is 120 Å². The van der Waals surface area contributed by atoms with Crippen LogP contribution in [0.2, 0.25) is 0 Å². The summed E-state index contributed by atoms with van der Waals surface area (Å²) in [5.74, 6) is 1.64. The number of ether oxygens (including phenoxy) is 1. The Bertz CT molecular complexity index is 455. The van der Waals surface area contributed by atoms with Crippen molar-refractivity contribution in [3.8, 4) is 0 Å². The monoisotopic (exact) mass is 280 g/mol. The SMILES string of the molecule is CCNc1ncnc(NCC2(O)CCOC2C)c1CC. The van der Waals surface area contributed by atoms with Gasteiger partial charge in [0.15, 0.2) is 0 Å². The lowest BCUT2D eigenvalue weighted by atomic mass is 9.96. The molecule has 2 heterocycles. The number of hydrogen-bond acceptors (Lipinski definition) is 6. The van der Waals surface area contributed by atoms with E-state index in [0.29, 0.717) is 19.6 Å². The minimum absolute atomic E-state index is 0.157. The van der Waals surface area contributed by atoms with E-state index < -0.39 is 5.60 Å². The highest BCUT2D eigenvalue weighted by atomic mass is 16.5. The Morgan fingerprint density at radius 1 is 1.35 bits per heavy atom. The molecule has 6 heteroatoms. The fraction of sp³-hybridized carbons (Fsp3) is 0.714. The topological polar surface area (TPSA) is 79.3 Å². The van der Waals surface area contributed by atoms with Gasteiger partial charge in [-0.2, -0.15) is 0 Å². The van der Waals surface area contributed by atoms with Crippen LogP contribution in [-0.2, 0) is 11.2 Å². The normalized spacial score (nSPS) is 25.7. The molecule has 1 aromatic heterocycles. The molecule has 0 radical (unpaired) electrons. The highest BCUT2D eigenvalue weighted by molar-refractivity contribution is 5.57. The molecule has 1 aromatic rings. The first-order chi connectivity index (χ1) is 9.60. The van der Waals surface area contributed by atoms with Gasteiger partial charge in [-0.15, -0.1) is 0 Å². The molecular formula is C14H24N4O2. The molecule has 0 aromatic carbocycles. The van der Waals surface area contributed by atoms with Crippen molar-refractivity contribution in [1.29, 1.82) is 0 Å². The first kappa shape index (κ1) is 15.0. The summed E-state index contributed by atoms with van der Waals surface area (Å²) in [7, 11) is 0. The molecule has 3 N–H and O–H groups in total. The highest BCUT2D eigenvalue weighted by Crippen LogP contribution is 2.27. The van der Waals surface area contributed by atoms with Crippen LogP contribution in [0.1, 0.15) is 32.8 Å². The summed E-state index contributed by atoms with van der Waals surface area (Å²) in [5, 5.41) is 17.0. The second-order valence-corrected chi connectivity index (χ2v) is 5.15. The number of nitrogens with one attached hydrogen (secondary N) is 2. The van der Waals surface area contributed by atoms with Crippen molar-refractivity contribution >= 4 is 11.6 Å². The largest absolute Gasteiger partial charge is 0.385 e. The fourth-order valence-electron chi connectivity index (χ4n) is 2.46. The zero-order chi connectivity index (χ0) is 14.6. The van der Waals surface area contributed by atoms with Gasteiger partial charge in [0, 0.05) is 31.7 Å². The lowest BCUT2D eigenvalue weighted by Gasteiger charge is -2.27. The molecule has 6 nitrogen and oxygen atoms in total. The molecule has 20 heavy (non-hydrogen) atoms. The second-order valence-electron chi connectivity index (χ2n) is 5.15. The van der Waals surface area contributed by atoms with Gasteiger partial charge in [-0.1, -0.05) is 6.92 Å². The van der Waals surface area contributed by atoms with Gasteiger partial charge >= 0.3 is 0 Å². The van der Waals surface area contributed by atoms with Gasteiger partial charge in [-0.05, 0) is 20.3 Å². The molecule has 2 atom stereocenters. The first-order valence-electron chi connectivity index (χ1n) is 7.26. The van der Waals surface area contributed by atoms with E-state index in [-0.39, 0.29) is 6.10 Å². The van der Waals surface area contributed by atoms with Crippen molar-refractivity contribution < 1.29 is 9.84 Å². The summed E-state index contributed by atoms with van der Waals surface area (Å²) < 4.78 is 5.44. The zero-order valence-electron chi connectivity index (χ0n) is 12.4. The molecule has 1 aliphatic rings. The van der Waals surface area contributed by atoms with Crippen LogP contribution in [0.15, 0.2) is 6.33 Å². The standard InChI is InChI=1S/C14H24N4O2/c1-4-11-12(15-5-2)17-9-18-13(11)16-8-14(19)6-7-20-10(14)3/h9-10,19H,4-8H2,1-3H3,(H2,15,16,17,18). The molecule has 1 saturated heterocycles. The minimum Gasteiger partial charge on any atom is -0.385 e. The molecule has 0 aliphatic carbocycles. The van der Waals surface area contributed by atoms with Crippen molar-refractivity contribution in [1.82, 2.24) is 9.97 Å². The quantitative estimate of drug-likeness (QED) is 0.731. The van der Waals surface area contributed by atoms with Crippen molar-refractivity contribution in [2.75, 3.05) is 30.3 Å². The molecule has 2 unspecified atom stereocenters. The van der Waals surface area contributed by atoms with Gasteiger partial charge in [0.1, 0.15) is 23.6 Å². The maximum atomic E-state index is 10.5. The predicted octanol–water partition coefficient (Wildman–Crippen LogP) is 1.42. The van der Waals surface area contributed by atoms with Gasteiger partial charge in [0.25, 0.3) is 0 Å². The predicted molar refractivity (Wildman–Crippen MR) is 79.0 cm³/mol. The van der Waals surface area contributed by atoms with E-state index in [4.69, 9.17) is 4.74 Å². The van der Waals surface area contributed by atoms with Crippen LogP contribution in [0.25, 0.3) is 0 Å². The van der Waals surface area contributed by atoms with Crippen LogP contribution >= 0.6 is 0 Å². The van der Waals surface area contributed by atoms with E-state index in [1.165, 1.54) is 6.33 Å². The van der Waals surface area contributed by atoms with Crippen LogP contribution in [0.5, 0.6) is 0 Å². The van der Waals surface area contributed by atoms with Gasteiger partial charge in [0.2, 0.25) is 0 Å². The molecule has 0 bridgehead atoms. The highest BCUT2D eigenvalue weighted by Gasteiger charge is 2.39. The Morgan fingerprint density at radius 2 is 2.05 bits per heavy atom. The summed E-state index contributed by atoms with van der Waals surface area (Å²) in [6.07, 6.45) is 2.86. The number of anilines is 2. The third kappa shape index (κ3) is 3.02. The van der Waals surface area contributed by atoms with E-state index in [9.17, 15) is 5.11 Å². The lowest BCUT2D eigenvalue weighted by Crippen LogP contribution is -2.43. The third-order valence-electron chi connectivity index (χ3n) is 3.86. The maximum Gasteiger partial charge on any atom is 0.134 e. The average Bonchev–Trinajstić information content (AvgIpc) is 2.77. The number of nitrogens with zero attached hydrogens (tertiary/aromatic N) is 2. The van der Waals surface area contributed by atoms with Crippen LogP contribution in [-0.4, -0.2) is 46.5 Å². The van der Waals surface area contributed by atoms with E-state index in [2.05, 4.69) is 27.5 Å². The summed E-state index contributed by atoms with van der Waals surface area (Å²) in [5.41, 5.74) is 0.221. The molecule has 112 valence electrons. The Morgan fingerprint density at radius 3 is 2.60 bits per heavy atom. The molecule has 2 rings (SSSR count). The van der Waals surface area contributed by atoms with E-state index in [1.807, 2.05) is 13.8 Å². The van der Waals surface area contributed by atoms with Crippen LogP contribution in [0.4, 0.5) is 11.6 Å². The number of hydrogen-bond donors (Lipinski definition) is 3. The van der Waals surface area contributed by atoms with Crippen LogP contribution in [0.3, 0.4) is 0 Å². The minimum atomic E-state index is -0.825. The van der Waals surface area contributed by atoms with Crippen molar-refractivity contribution in [2.45, 2.75) is 45.3 Å². The van der Waals surface area contributed by atoms with Gasteiger partial charge in [-0.25, -0.2) is 9.97 Å².